The van der Waals surface area contributed by atoms with Crippen LogP contribution in [0.1, 0.15) is 18.3 Å². The molecule has 3 rings (SSSR count). The Morgan fingerprint density at radius 2 is 1.78 bits per heavy atom. The lowest BCUT2D eigenvalue weighted by atomic mass is 10.2. The molecule has 0 aliphatic heterocycles. The van der Waals surface area contributed by atoms with Crippen LogP contribution in [0, 0.1) is 13.8 Å². The van der Waals surface area contributed by atoms with Crippen LogP contribution in [-0.2, 0) is 4.79 Å². The fourth-order valence-electron chi connectivity index (χ4n) is 2.53. The number of hydrogen-bond donors (Lipinski definition) is 1. The number of aromatic nitrogens is 4. The van der Waals surface area contributed by atoms with Crippen LogP contribution in [0.3, 0.4) is 0 Å². The van der Waals surface area contributed by atoms with Gasteiger partial charge in [0.1, 0.15) is 11.5 Å². The van der Waals surface area contributed by atoms with Gasteiger partial charge in [-0.2, -0.15) is 4.98 Å². The number of aryl methyl sites for hydroxylation is 2. The van der Waals surface area contributed by atoms with E-state index >= 15 is 0 Å². The quantitative estimate of drug-likeness (QED) is 0.650. The summed E-state index contributed by atoms with van der Waals surface area (Å²) in [4.78, 5) is 21.3. The van der Waals surface area contributed by atoms with Gasteiger partial charge in [-0.1, -0.05) is 11.8 Å². The van der Waals surface area contributed by atoms with Crippen LogP contribution in [0.25, 0.3) is 5.78 Å². The highest BCUT2D eigenvalue weighted by atomic mass is 32.2. The standard InChI is InChI=1S/C18H21N5O3S/c1-10-6-11(2)23-17(19-10)21-18(22-23)27-12(3)16(24)20-13-7-14(25-4)9-15(8-13)26-5/h6-9,12H,1-5H3,(H,20,24). The van der Waals surface area contributed by atoms with Crippen molar-refractivity contribution in [1.29, 1.82) is 0 Å². The van der Waals surface area contributed by atoms with Crippen molar-refractivity contribution in [2.75, 3.05) is 19.5 Å². The number of benzene rings is 1. The number of methoxy groups -OCH3 is 2. The predicted molar refractivity (Wildman–Crippen MR) is 104 cm³/mol. The number of thioether (sulfide) groups is 1. The van der Waals surface area contributed by atoms with Crippen molar-refractivity contribution < 1.29 is 14.3 Å². The van der Waals surface area contributed by atoms with E-state index in [4.69, 9.17) is 9.47 Å². The molecule has 0 saturated carbocycles. The molecule has 0 radical (unpaired) electrons. The van der Waals surface area contributed by atoms with Crippen molar-refractivity contribution in [1.82, 2.24) is 19.6 Å². The second kappa shape index (κ2) is 7.83. The molecule has 1 aromatic carbocycles. The van der Waals surface area contributed by atoms with E-state index in [2.05, 4.69) is 20.4 Å². The Morgan fingerprint density at radius 1 is 1.11 bits per heavy atom. The van der Waals surface area contributed by atoms with E-state index in [1.165, 1.54) is 11.8 Å². The average molecular weight is 387 g/mol. The molecule has 1 amide bonds. The molecule has 0 aliphatic carbocycles. The lowest BCUT2D eigenvalue weighted by molar-refractivity contribution is -0.115. The van der Waals surface area contributed by atoms with Crippen molar-refractivity contribution in [3.63, 3.8) is 0 Å². The number of nitrogens with one attached hydrogen (secondary N) is 1. The minimum atomic E-state index is -0.402. The molecular weight excluding hydrogens is 366 g/mol. The van der Waals surface area contributed by atoms with Crippen molar-refractivity contribution >= 4 is 29.1 Å². The summed E-state index contributed by atoms with van der Waals surface area (Å²) >= 11 is 1.27. The van der Waals surface area contributed by atoms with Crippen LogP contribution in [-0.4, -0.2) is 45.0 Å². The molecule has 27 heavy (non-hydrogen) atoms. The molecule has 9 heteroatoms. The first-order valence-corrected chi connectivity index (χ1v) is 9.19. The summed E-state index contributed by atoms with van der Waals surface area (Å²) in [6.07, 6.45) is 0. The van der Waals surface area contributed by atoms with Gasteiger partial charge in [-0.25, -0.2) is 9.50 Å². The van der Waals surface area contributed by atoms with Gasteiger partial charge in [-0.05, 0) is 26.8 Å². The molecule has 2 heterocycles. The molecule has 0 aliphatic rings. The monoisotopic (exact) mass is 387 g/mol. The predicted octanol–water partition coefficient (Wildman–Crippen LogP) is 2.88. The zero-order valence-corrected chi connectivity index (χ0v) is 16.6. The third-order valence-electron chi connectivity index (χ3n) is 3.87. The van der Waals surface area contributed by atoms with Gasteiger partial charge in [0, 0.05) is 35.3 Å². The van der Waals surface area contributed by atoms with Gasteiger partial charge in [0.15, 0.2) is 0 Å². The van der Waals surface area contributed by atoms with Gasteiger partial charge < -0.3 is 14.8 Å². The number of anilines is 1. The molecule has 0 fully saturated rings. The second-order valence-electron chi connectivity index (χ2n) is 6.00. The van der Waals surface area contributed by atoms with E-state index in [-0.39, 0.29) is 5.91 Å². The van der Waals surface area contributed by atoms with Crippen molar-refractivity contribution in [2.24, 2.45) is 0 Å². The maximum Gasteiger partial charge on any atom is 0.253 e. The summed E-state index contributed by atoms with van der Waals surface area (Å²) in [5.74, 6) is 1.56. The molecule has 3 aromatic rings. The Kier molecular flexibility index (Phi) is 5.50. The number of hydrogen-bond acceptors (Lipinski definition) is 7. The van der Waals surface area contributed by atoms with Crippen LogP contribution in [0.4, 0.5) is 5.69 Å². The van der Waals surface area contributed by atoms with Crippen molar-refractivity contribution in [3.05, 3.63) is 35.7 Å². The molecule has 2 aromatic heterocycles. The Bertz CT molecular complexity index is 966. The highest BCUT2D eigenvalue weighted by Crippen LogP contribution is 2.27. The summed E-state index contributed by atoms with van der Waals surface area (Å²) in [5.41, 5.74) is 2.42. The van der Waals surface area contributed by atoms with E-state index in [0.717, 1.165) is 11.4 Å². The van der Waals surface area contributed by atoms with Gasteiger partial charge in [0.2, 0.25) is 11.1 Å². The highest BCUT2D eigenvalue weighted by molar-refractivity contribution is 8.00. The Balaban J connectivity index is 1.73. The Hall–Kier alpha value is -2.81. The smallest absolute Gasteiger partial charge is 0.253 e. The fraction of sp³-hybridized carbons (Fsp3) is 0.333. The number of ether oxygens (including phenoxy) is 2. The van der Waals surface area contributed by atoms with Crippen LogP contribution < -0.4 is 14.8 Å². The van der Waals surface area contributed by atoms with Gasteiger partial charge in [-0.3, -0.25) is 4.79 Å². The highest BCUT2D eigenvalue weighted by Gasteiger charge is 2.19. The van der Waals surface area contributed by atoms with Gasteiger partial charge in [-0.15, -0.1) is 5.10 Å². The number of rotatable bonds is 6. The van der Waals surface area contributed by atoms with Crippen LogP contribution in [0.5, 0.6) is 11.5 Å². The summed E-state index contributed by atoms with van der Waals surface area (Å²) in [7, 11) is 3.12. The lowest BCUT2D eigenvalue weighted by Crippen LogP contribution is -2.22. The molecular formula is C18H21N5O3S. The molecule has 1 N–H and O–H groups in total. The van der Waals surface area contributed by atoms with Gasteiger partial charge >= 0.3 is 0 Å². The topological polar surface area (TPSA) is 90.6 Å². The average Bonchev–Trinajstić information content (AvgIpc) is 3.03. The maximum absolute atomic E-state index is 12.6. The number of fused-ring (bicyclic) bond motifs is 1. The molecule has 1 unspecified atom stereocenters. The molecule has 8 nitrogen and oxygen atoms in total. The van der Waals surface area contributed by atoms with Gasteiger partial charge in [0.05, 0.1) is 19.5 Å². The fourth-order valence-corrected chi connectivity index (χ4v) is 3.28. The summed E-state index contributed by atoms with van der Waals surface area (Å²) < 4.78 is 12.1. The van der Waals surface area contributed by atoms with E-state index in [1.807, 2.05) is 19.9 Å². The zero-order valence-electron chi connectivity index (χ0n) is 15.8. The third kappa shape index (κ3) is 4.30. The van der Waals surface area contributed by atoms with Crippen LogP contribution in [0.2, 0.25) is 0 Å². The SMILES string of the molecule is COc1cc(NC(=O)C(C)Sc2nc3nc(C)cc(C)n3n2)cc(OC)c1. The Labute approximate surface area is 161 Å². The largest absolute Gasteiger partial charge is 0.497 e. The normalized spacial score (nSPS) is 12.0. The van der Waals surface area contributed by atoms with Crippen LogP contribution >= 0.6 is 11.8 Å². The summed E-state index contributed by atoms with van der Waals surface area (Å²) in [5, 5.41) is 7.39. The Morgan fingerprint density at radius 3 is 2.41 bits per heavy atom. The van der Waals surface area contributed by atoms with E-state index < -0.39 is 5.25 Å². The number of carbonyl (C=O) groups is 1. The molecule has 1 atom stereocenters. The number of nitrogens with zero attached hydrogens (tertiary/aromatic N) is 4. The molecule has 0 spiro atoms. The first kappa shape index (κ1) is 19.0. The van der Waals surface area contributed by atoms with Crippen molar-refractivity contribution in [2.45, 2.75) is 31.2 Å². The number of carbonyl (C=O) groups excluding carboxylic acids is 1. The molecule has 0 bridgehead atoms. The van der Waals surface area contributed by atoms with E-state index in [0.29, 0.717) is 28.1 Å². The summed E-state index contributed by atoms with van der Waals surface area (Å²) in [6.45, 7) is 5.65. The number of amides is 1. The minimum Gasteiger partial charge on any atom is -0.497 e. The minimum absolute atomic E-state index is 0.171. The maximum atomic E-state index is 12.6. The summed E-state index contributed by atoms with van der Waals surface area (Å²) in [6, 6.07) is 7.14. The lowest BCUT2D eigenvalue weighted by Gasteiger charge is -2.12. The van der Waals surface area contributed by atoms with E-state index in [1.54, 1.807) is 43.9 Å². The third-order valence-corrected chi connectivity index (χ3v) is 4.82. The van der Waals surface area contributed by atoms with Crippen LogP contribution in [0.15, 0.2) is 29.4 Å². The zero-order chi connectivity index (χ0) is 19.6. The molecule has 142 valence electrons. The first-order chi connectivity index (χ1) is 12.9. The second-order valence-corrected chi connectivity index (χ2v) is 7.30. The first-order valence-electron chi connectivity index (χ1n) is 8.31. The van der Waals surface area contributed by atoms with Crippen molar-refractivity contribution in [3.8, 4) is 11.5 Å². The van der Waals surface area contributed by atoms with E-state index in [9.17, 15) is 4.79 Å². The van der Waals surface area contributed by atoms with Gasteiger partial charge in [0.25, 0.3) is 5.78 Å². The molecule has 0 saturated heterocycles.